The number of ether oxygens (including phenoxy) is 1. The van der Waals surface area contributed by atoms with Crippen molar-refractivity contribution in [2.24, 2.45) is 11.8 Å². The lowest BCUT2D eigenvalue weighted by atomic mass is 9.74. The molecule has 0 aromatic heterocycles. The van der Waals surface area contributed by atoms with Crippen LogP contribution in [0.25, 0.3) is 0 Å². The Morgan fingerprint density at radius 3 is 2.88 bits per heavy atom. The molecule has 6 nitrogen and oxygen atoms in total. The third kappa shape index (κ3) is 3.81. The molecule has 0 saturated carbocycles. The molecular formula is C18H33N3O3S. The second kappa shape index (κ2) is 7.27. The first kappa shape index (κ1) is 19.3. The molecule has 1 spiro atoms. The van der Waals surface area contributed by atoms with Gasteiger partial charge in [-0.15, -0.1) is 0 Å². The Balaban J connectivity index is 1.59. The van der Waals surface area contributed by atoms with Crippen molar-refractivity contribution in [2.45, 2.75) is 51.2 Å². The Bertz CT molecular complexity index is 619. The molecule has 0 unspecified atom stereocenters. The Morgan fingerprint density at radius 2 is 2.20 bits per heavy atom. The SMILES string of the molecule is CC/C(C)=C/CCN1C[C@@H]2[C@H](CNS(=O)(=O)N(C)C)[C@H]3CC[C@]2(C1)O3. The largest absolute Gasteiger partial charge is 0.370 e. The van der Waals surface area contributed by atoms with Crippen LogP contribution in [0.1, 0.15) is 39.5 Å². The zero-order valence-electron chi connectivity index (χ0n) is 16.0. The van der Waals surface area contributed by atoms with Crippen LogP contribution in [0.15, 0.2) is 11.6 Å². The van der Waals surface area contributed by atoms with Crippen LogP contribution in [0.4, 0.5) is 0 Å². The Morgan fingerprint density at radius 1 is 1.44 bits per heavy atom. The number of allylic oxidation sites excluding steroid dienone is 1. The quantitative estimate of drug-likeness (QED) is 0.659. The van der Waals surface area contributed by atoms with Gasteiger partial charge in [0.25, 0.3) is 10.2 Å². The van der Waals surface area contributed by atoms with Gasteiger partial charge in [-0.1, -0.05) is 18.6 Å². The van der Waals surface area contributed by atoms with Crippen LogP contribution >= 0.6 is 0 Å². The summed E-state index contributed by atoms with van der Waals surface area (Å²) in [5, 5.41) is 0. The molecule has 4 atom stereocenters. The third-order valence-corrected chi connectivity index (χ3v) is 7.83. The fraction of sp³-hybridized carbons (Fsp3) is 0.889. The second-order valence-electron chi connectivity index (χ2n) is 8.09. The highest BCUT2D eigenvalue weighted by molar-refractivity contribution is 7.87. The minimum absolute atomic E-state index is 0.0254. The minimum atomic E-state index is -3.37. The summed E-state index contributed by atoms with van der Waals surface area (Å²) in [5.74, 6) is 0.744. The van der Waals surface area contributed by atoms with E-state index in [2.05, 4.69) is 29.5 Å². The highest BCUT2D eigenvalue weighted by Crippen LogP contribution is 2.54. The molecule has 25 heavy (non-hydrogen) atoms. The summed E-state index contributed by atoms with van der Waals surface area (Å²) >= 11 is 0. The van der Waals surface area contributed by atoms with E-state index < -0.39 is 10.2 Å². The van der Waals surface area contributed by atoms with Crippen molar-refractivity contribution >= 4 is 10.2 Å². The van der Waals surface area contributed by atoms with E-state index in [1.165, 1.54) is 9.88 Å². The van der Waals surface area contributed by atoms with Crippen LogP contribution in [0.5, 0.6) is 0 Å². The molecule has 2 bridgehead atoms. The minimum Gasteiger partial charge on any atom is -0.370 e. The summed E-state index contributed by atoms with van der Waals surface area (Å²) in [6.07, 6.45) is 6.95. The highest BCUT2D eigenvalue weighted by Gasteiger charge is 2.62. The maximum absolute atomic E-state index is 12.0. The molecule has 0 aromatic rings. The fourth-order valence-electron chi connectivity index (χ4n) is 4.70. The van der Waals surface area contributed by atoms with Gasteiger partial charge in [0.2, 0.25) is 0 Å². The molecule has 144 valence electrons. The Kier molecular flexibility index (Phi) is 5.61. The number of nitrogens with one attached hydrogen (secondary N) is 1. The normalized spacial score (nSPS) is 35.7. The molecule has 0 amide bonds. The Labute approximate surface area is 152 Å². The molecule has 3 saturated heterocycles. The van der Waals surface area contributed by atoms with Crippen molar-refractivity contribution in [1.29, 1.82) is 0 Å². The van der Waals surface area contributed by atoms with Crippen LogP contribution in [0.3, 0.4) is 0 Å². The zero-order chi connectivity index (χ0) is 18.2. The van der Waals surface area contributed by atoms with E-state index in [4.69, 9.17) is 4.74 Å². The van der Waals surface area contributed by atoms with Crippen molar-refractivity contribution in [3.05, 3.63) is 11.6 Å². The molecule has 3 rings (SSSR count). The first-order chi connectivity index (χ1) is 11.8. The van der Waals surface area contributed by atoms with Crippen LogP contribution in [-0.2, 0) is 14.9 Å². The van der Waals surface area contributed by atoms with E-state index >= 15 is 0 Å². The van der Waals surface area contributed by atoms with E-state index in [1.807, 2.05) is 0 Å². The van der Waals surface area contributed by atoms with Gasteiger partial charge >= 0.3 is 0 Å². The maximum Gasteiger partial charge on any atom is 0.278 e. The van der Waals surface area contributed by atoms with Gasteiger partial charge in [0.05, 0.1) is 11.7 Å². The average molecular weight is 372 g/mol. The van der Waals surface area contributed by atoms with Gasteiger partial charge in [-0.2, -0.15) is 12.7 Å². The van der Waals surface area contributed by atoms with Gasteiger partial charge in [0, 0.05) is 52.1 Å². The molecule has 0 aromatic carbocycles. The lowest BCUT2D eigenvalue weighted by Crippen LogP contribution is -2.44. The molecule has 3 fully saturated rings. The number of nitrogens with zero attached hydrogens (tertiary/aromatic N) is 2. The molecule has 0 aliphatic carbocycles. The van der Waals surface area contributed by atoms with Gasteiger partial charge in [0.1, 0.15) is 0 Å². The van der Waals surface area contributed by atoms with Gasteiger partial charge in [-0.05, 0) is 32.6 Å². The van der Waals surface area contributed by atoms with Crippen LogP contribution in [-0.4, -0.2) is 69.6 Å². The van der Waals surface area contributed by atoms with Crippen molar-refractivity contribution in [3.63, 3.8) is 0 Å². The molecule has 3 aliphatic heterocycles. The number of likely N-dealkylation sites (tertiary alicyclic amines) is 1. The predicted molar refractivity (Wildman–Crippen MR) is 99.5 cm³/mol. The first-order valence-electron chi connectivity index (χ1n) is 9.50. The van der Waals surface area contributed by atoms with Crippen molar-refractivity contribution in [1.82, 2.24) is 13.9 Å². The molecular weight excluding hydrogens is 338 g/mol. The van der Waals surface area contributed by atoms with E-state index in [0.717, 1.165) is 45.3 Å². The summed E-state index contributed by atoms with van der Waals surface area (Å²) in [6, 6.07) is 0. The Hall–Kier alpha value is -0.470. The van der Waals surface area contributed by atoms with Crippen LogP contribution in [0.2, 0.25) is 0 Å². The van der Waals surface area contributed by atoms with Crippen molar-refractivity contribution < 1.29 is 13.2 Å². The fourth-order valence-corrected chi connectivity index (χ4v) is 5.36. The maximum atomic E-state index is 12.0. The summed E-state index contributed by atoms with van der Waals surface area (Å²) in [6.45, 7) is 7.97. The van der Waals surface area contributed by atoms with Crippen molar-refractivity contribution in [2.75, 3.05) is 40.3 Å². The lowest BCUT2D eigenvalue weighted by Gasteiger charge is -2.29. The second-order valence-corrected chi connectivity index (χ2v) is 10.1. The zero-order valence-corrected chi connectivity index (χ0v) is 16.8. The van der Waals surface area contributed by atoms with Gasteiger partial charge in [0.15, 0.2) is 0 Å². The summed E-state index contributed by atoms with van der Waals surface area (Å²) in [4.78, 5) is 2.51. The number of rotatable bonds is 8. The third-order valence-electron chi connectivity index (χ3n) is 6.33. The van der Waals surface area contributed by atoms with Crippen molar-refractivity contribution in [3.8, 4) is 0 Å². The highest BCUT2D eigenvalue weighted by atomic mass is 32.2. The van der Waals surface area contributed by atoms with E-state index in [0.29, 0.717) is 18.4 Å². The number of hydrogen-bond donors (Lipinski definition) is 1. The van der Waals surface area contributed by atoms with E-state index in [-0.39, 0.29) is 11.7 Å². The summed E-state index contributed by atoms with van der Waals surface area (Å²) in [5.41, 5.74) is 1.42. The van der Waals surface area contributed by atoms with Gasteiger partial charge in [-0.25, -0.2) is 4.72 Å². The molecule has 3 aliphatic rings. The molecule has 7 heteroatoms. The van der Waals surface area contributed by atoms with Gasteiger partial charge < -0.3 is 4.74 Å². The average Bonchev–Trinajstić information content (AvgIpc) is 3.20. The lowest BCUT2D eigenvalue weighted by molar-refractivity contribution is 0.00297. The molecule has 3 heterocycles. The predicted octanol–water partition coefficient (Wildman–Crippen LogP) is 1.61. The van der Waals surface area contributed by atoms with E-state index in [9.17, 15) is 8.42 Å². The number of hydrogen-bond acceptors (Lipinski definition) is 4. The molecule has 0 radical (unpaired) electrons. The molecule has 1 N–H and O–H groups in total. The van der Waals surface area contributed by atoms with E-state index in [1.54, 1.807) is 14.1 Å². The summed E-state index contributed by atoms with van der Waals surface area (Å²) in [7, 11) is -0.248. The standard InChI is InChI=1S/C18H33N3O3S/c1-5-14(2)7-6-10-21-12-16-15(11-19-25(22,23)20(3)4)17-8-9-18(16,13-21)24-17/h7,15-17,19H,5-6,8-13H2,1-4H3/b14-7+/t15-,16+,17+,18+/m0/s1. The smallest absolute Gasteiger partial charge is 0.278 e. The first-order valence-corrected chi connectivity index (χ1v) is 10.9. The van der Waals surface area contributed by atoms with Gasteiger partial charge in [-0.3, -0.25) is 4.90 Å². The van der Waals surface area contributed by atoms with Crippen LogP contribution in [0, 0.1) is 11.8 Å². The summed E-state index contributed by atoms with van der Waals surface area (Å²) < 4.78 is 34.5. The number of fused-ring (bicyclic) bond motifs is 1. The monoisotopic (exact) mass is 371 g/mol. The topological polar surface area (TPSA) is 61.9 Å². The van der Waals surface area contributed by atoms with Crippen LogP contribution < -0.4 is 4.72 Å².